The number of carbonyl (C=O) groups is 1. The largest absolute Gasteiger partial charge is 0.497 e. The number of ether oxygens (including phenoxy) is 2. The molecule has 2 rings (SSSR count). The van der Waals surface area contributed by atoms with Gasteiger partial charge in [-0.1, -0.05) is 35.3 Å². The summed E-state index contributed by atoms with van der Waals surface area (Å²) in [5.74, 6) is 0.961. The highest BCUT2D eigenvalue weighted by atomic mass is 35.5. The van der Waals surface area contributed by atoms with Gasteiger partial charge in [-0.25, -0.2) is 0 Å². The van der Waals surface area contributed by atoms with Gasteiger partial charge in [0.1, 0.15) is 11.5 Å². The zero-order chi connectivity index (χ0) is 15.9. The van der Waals surface area contributed by atoms with Crippen LogP contribution in [0.3, 0.4) is 0 Å². The van der Waals surface area contributed by atoms with Gasteiger partial charge < -0.3 is 14.8 Å². The summed E-state index contributed by atoms with van der Waals surface area (Å²) in [5, 5.41) is 3.65. The minimum absolute atomic E-state index is 0.114. The highest BCUT2D eigenvalue weighted by Gasteiger charge is 2.06. The van der Waals surface area contributed by atoms with Crippen molar-refractivity contribution in [3.63, 3.8) is 0 Å². The lowest BCUT2D eigenvalue weighted by Gasteiger charge is -2.09. The van der Waals surface area contributed by atoms with Crippen molar-refractivity contribution in [3.8, 4) is 11.5 Å². The van der Waals surface area contributed by atoms with E-state index in [9.17, 15) is 4.79 Å². The molecule has 0 unspecified atom stereocenters. The summed E-state index contributed by atoms with van der Waals surface area (Å²) in [6.45, 7) is 0.304. The van der Waals surface area contributed by atoms with Gasteiger partial charge in [-0.15, -0.1) is 0 Å². The van der Waals surface area contributed by atoms with Gasteiger partial charge in [0.15, 0.2) is 6.61 Å². The average molecular weight is 340 g/mol. The third-order valence-corrected chi connectivity index (χ3v) is 3.43. The standard InChI is InChI=1S/C16H15Cl2NO3/c1-21-13-5-2-11(3-6-13)9-19-16(20)10-22-15-7-4-12(17)8-14(15)18/h2-8H,9-10H2,1H3,(H,19,20). The van der Waals surface area contributed by atoms with E-state index in [1.165, 1.54) is 0 Å². The molecule has 22 heavy (non-hydrogen) atoms. The second-order valence-corrected chi connectivity index (χ2v) is 5.33. The summed E-state index contributed by atoms with van der Waals surface area (Å²) in [4.78, 5) is 11.8. The Labute approximate surface area is 138 Å². The molecule has 0 bridgehead atoms. The first kappa shape index (κ1) is 16.5. The summed E-state index contributed by atoms with van der Waals surface area (Å²) in [6, 6.07) is 12.3. The number of amides is 1. The molecule has 0 spiro atoms. The molecule has 0 saturated heterocycles. The van der Waals surface area contributed by atoms with E-state index in [1.54, 1.807) is 25.3 Å². The van der Waals surface area contributed by atoms with Crippen LogP contribution in [0.5, 0.6) is 11.5 Å². The van der Waals surface area contributed by atoms with Crippen LogP contribution in [0.1, 0.15) is 5.56 Å². The molecule has 0 fully saturated rings. The smallest absolute Gasteiger partial charge is 0.258 e. The second kappa shape index (κ2) is 7.92. The first-order chi connectivity index (χ1) is 10.6. The van der Waals surface area contributed by atoms with Crippen LogP contribution in [0, 0.1) is 0 Å². The fraction of sp³-hybridized carbons (Fsp3) is 0.188. The van der Waals surface area contributed by atoms with Crippen LogP contribution in [-0.4, -0.2) is 19.6 Å². The predicted molar refractivity (Wildman–Crippen MR) is 86.8 cm³/mol. The second-order valence-electron chi connectivity index (χ2n) is 4.49. The molecule has 116 valence electrons. The maximum atomic E-state index is 11.8. The maximum Gasteiger partial charge on any atom is 0.258 e. The third kappa shape index (κ3) is 4.83. The molecule has 0 aromatic heterocycles. The maximum absolute atomic E-state index is 11.8. The van der Waals surface area contributed by atoms with E-state index in [0.29, 0.717) is 22.3 Å². The van der Waals surface area contributed by atoms with Gasteiger partial charge in [-0.3, -0.25) is 4.79 Å². The van der Waals surface area contributed by atoms with Crippen LogP contribution in [0.4, 0.5) is 0 Å². The Bertz CT molecular complexity index is 644. The Morgan fingerprint density at radius 2 is 1.86 bits per heavy atom. The molecule has 0 aliphatic heterocycles. The molecular formula is C16H15Cl2NO3. The van der Waals surface area contributed by atoms with E-state index in [0.717, 1.165) is 11.3 Å². The summed E-state index contributed by atoms with van der Waals surface area (Å²) >= 11 is 11.8. The van der Waals surface area contributed by atoms with Crippen LogP contribution in [0.25, 0.3) is 0 Å². The number of methoxy groups -OCH3 is 1. The Balaban J connectivity index is 1.80. The van der Waals surface area contributed by atoms with Crippen molar-refractivity contribution in [2.24, 2.45) is 0 Å². The number of benzene rings is 2. The molecule has 0 atom stereocenters. The number of nitrogens with one attached hydrogen (secondary N) is 1. The average Bonchev–Trinajstić information content (AvgIpc) is 2.52. The quantitative estimate of drug-likeness (QED) is 0.872. The number of hydrogen-bond acceptors (Lipinski definition) is 3. The van der Waals surface area contributed by atoms with Gasteiger partial charge in [0.25, 0.3) is 5.91 Å². The zero-order valence-electron chi connectivity index (χ0n) is 11.9. The topological polar surface area (TPSA) is 47.6 Å². The third-order valence-electron chi connectivity index (χ3n) is 2.90. The number of rotatable bonds is 6. The van der Waals surface area contributed by atoms with Gasteiger partial charge in [-0.2, -0.15) is 0 Å². The molecule has 0 aliphatic carbocycles. The van der Waals surface area contributed by atoms with E-state index < -0.39 is 0 Å². The van der Waals surface area contributed by atoms with Crippen LogP contribution >= 0.6 is 23.2 Å². The van der Waals surface area contributed by atoms with Crippen LogP contribution in [0.2, 0.25) is 10.0 Å². The van der Waals surface area contributed by atoms with Crippen LogP contribution in [0.15, 0.2) is 42.5 Å². The predicted octanol–water partition coefficient (Wildman–Crippen LogP) is 3.70. The monoisotopic (exact) mass is 339 g/mol. The van der Waals surface area contributed by atoms with Crippen molar-refractivity contribution >= 4 is 29.1 Å². The van der Waals surface area contributed by atoms with Crippen LogP contribution in [-0.2, 0) is 11.3 Å². The van der Waals surface area contributed by atoms with Crippen molar-refractivity contribution < 1.29 is 14.3 Å². The Hall–Kier alpha value is -1.91. The number of carbonyl (C=O) groups excluding carboxylic acids is 1. The summed E-state index contributed by atoms with van der Waals surface area (Å²) in [5.41, 5.74) is 0.971. The molecular weight excluding hydrogens is 325 g/mol. The van der Waals surface area contributed by atoms with Gasteiger partial charge >= 0.3 is 0 Å². The molecule has 0 aliphatic rings. The summed E-state index contributed by atoms with van der Waals surface area (Å²) < 4.78 is 10.4. The SMILES string of the molecule is COc1ccc(CNC(=O)COc2ccc(Cl)cc2Cl)cc1. The van der Waals surface area contributed by atoms with Crippen molar-refractivity contribution in [3.05, 3.63) is 58.1 Å². The first-order valence-electron chi connectivity index (χ1n) is 6.56. The van der Waals surface area contributed by atoms with Gasteiger partial charge in [0.05, 0.1) is 12.1 Å². The Kier molecular flexibility index (Phi) is 5.92. The number of hydrogen-bond donors (Lipinski definition) is 1. The molecule has 6 heteroatoms. The summed E-state index contributed by atoms with van der Waals surface area (Å²) in [7, 11) is 1.61. The molecule has 2 aromatic carbocycles. The highest BCUT2D eigenvalue weighted by Crippen LogP contribution is 2.27. The Morgan fingerprint density at radius 1 is 1.14 bits per heavy atom. The Morgan fingerprint density at radius 3 is 2.50 bits per heavy atom. The van der Waals surface area contributed by atoms with E-state index in [-0.39, 0.29) is 12.5 Å². The van der Waals surface area contributed by atoms with E-state index in [1.807, 2.05) is 24.3 Å². The van der Waals surface area contributed by atoms with Crippen molar-refractivity contribution in [1.82, 2.24) is 5.32 Å². The molecule has 0 heterocycles. The molecule has 0 saturated carbocycles. The van der Waals surface area contributed by atoms with Gasteiger partial charge in [0, 0.05) is 11.6 Å². The highest BCUT2D eigenvalue weighted by molar-refractivity contribution is 6.35. The van der Waals surface area contributed by atoms with E-state index in [4.69, 9.17) is 32.7 Å². The van der Waals surface area contributed by atoms with Crippen molar-refractivity contribution in [2.75, 3.05) is 13.7 Å². The fourth-order valence-electron chi connectivity index (χ4n) is 1.73. The molecule has 2 aromatic rings. The summed E-state index contributed by atoms with van der Waals surface area (Å²) in [6.07, 6.45) is 0. The fourth-order valence-corrected chi connectivity index (χ4v) is 2.19. The molecule has 4 nitrogen and oxygen atoms in total. The van der Waals surface area contributed by atoms with Crippen molar-refractivity contribution in [2.45, 2.75) is 6.54 Å². The zero-order valence-corrected chi connectivity index (χ0v) is 13.4. The normalized spacial score (nSPS) is 10.1. The minimum Gasteiger partial charge on any atom is -0.497 e. The lowest BCUT2D eigenvalue weighted by molar-refractivity contribution is -0.123. The number of halogens is 2. The van der Waals surface area contributed by atoms with E-state index in [2.05, 4.69) is 5.32 Å². The van der Waals surface area contributed by atoms with Crippen molar-refractivity contribution in [1.29, 1.82) is 0 Å². The van der Waals surface area contributed by atoms with E-state index >= 15 is 0 Å². The first-order valence-corrected chi connectivity index (χ1v) is 7.31. The van der Waals surface area contributed by atoms with Gasteiger partial charge in [-0.05, 0) is 35.9 Å². The lowest BCUT2D eigenvalue weighted by Crippen LogP contribution is -2.28. The lowest BCUT2D eigenvalue weighted by atomic mass is 10.2. The molecule has 1 amide bonds. The molecule has 1 N–H and O–H groups in total. The van der Waals surface area contributed by atoms with Gasteiger partial charge in [0.2, 0.25) is 0 Å². The molecule has 0 radical (unpaired) electrons. The van der Waals surface area contributed by atoms with Crippen LogP contribution < -0.4 is 14.8 Å². The minimum atomic E-state index is -0.234.